The number of nitrogens with two attached hydrogens (primary N) is 1. The third-order valence-corrected chi connectivity index (χ3v) is 6.54. The average molecular weight is 490 g/mol. The summed E-state index contributed by atoms with van der Waals surface area (Å²) in [4.78, 5) is 29.4. The van der Waals surface area contributed by atoms with Gasteiger partial charge in [-0.2, -0.15) is 0 Å². The van der Waals surface area contributed by atoms with Crippen molar-refractivity contribution in [2.75, 3.05) is 6.54 Å². The number of benzene rings is 3. The first-order valence-electron chi connectivity index (χ1n) is 11.5. The van der Waals surface area contributed by atoms with Crippen molar-refractivity contribution >= 4 is 39.4 Å². The highest BCUT2D eigenvalue weighted by atomic mass is 32.1. The lowest BCUT2D eigenvalue weighted by molar-refractivity contribution is -0.384. The number of hydrogen-bond acceptors (Lipinski definition) is 6. The van der Waals surface area contributed by atoms with E-state index in [-0.39, 0.29) is 18.1 Å². The van der Waals surface area contributed by atoms with Crippen LogP contribution in [-0.2, 0) is 13.1 Å². The minimum Gasteiger partial charge on any atom is -0.347 e. The lowest BCUT2D eigenvalue weighted by atomic mass is 10.1. The molecule has 4 rings (SSSR count). The molecule has 0 aliphatic heterocycles. The van der Waals surface area contributed by atoms with Crippen LogP contribution in [0.25, 0.3) is 10.8 Å². The van der Waals surface area contributed by atoms with Gasteiger partial charge in [0.2, 0.25) is 0 Å². The van der Waals surface area contributed by atoms with Crippen LogP contribution in [0.15, 0.2) is 77.1 Å². The van der Waals surface area contributed by atoms with Crippen molar-refractivity contribution in [3.8, 4) is 0 Å². The van der Waals surface area contributed by atoms with E-state index in [1.165, 1.54) is 23.5 Å². The topological polar surface area (TPSA) is 116 Å². The van der Waals surface area contributed by atoms with Crippen LogP contribution in [-0.4, -0.2) is 21.9 Å². The zero-order valence-corrected chi connectivity index (χ0v) is 20.0. The average Bonchev–Trinajstić information content (AvgIpc) is 3.28. The largest absolute Gasteiger partial charge is 0.347 e. The molecule has 0 aliphatic carbocycles. The van der Waals surface area contributed by atoms with Crippen molar-refractivity contribution in [1.82, 2.24) is 9.88 Å². The lowest BCUT2D eigenvalue weighted by Crippen LogP contribution is -2.28. The third-order valence-electron chi connectivity index (χ3n) is 5.67. The van der Waals surface area contributed by atoms with E-state index in [9.17, 15) is 14.9 Å². The zero-order chi connectivity index (χ0) is 24.6. The number of nitrogens with one attached hydrogen (secondary N) is 1. The molecule has 0 fully saturated rings. The molecule has 35 heavy (non-hydrogen) atoms. The minimum absolute atomic E-state index is 0.00146. The number of fused-ring (bicyclic) bond motifs is 1. The molecule has 8 nitrogen and oxygen atoms in total. The second kappa shape index (κ2) is 11.5. The second-order valence-corrected chi connectivity index (χ2v) is 8.96. The van der Waals surface area contributed by atoms with Gasteiger partial charge in [0.15, 0.2) is 4.80 Å². The molecule has 0 spiro atoms. The summed E-state index contributed by atoms with van der Waals surface area (Å²) >= 11 is 1.42. The number of hydrogen-bond donors (Lipinski definition) is 2. The molecular formula is C26H27N5O3S. The van der Waals surface area contributed by atoms with Crippen molar-refractivity contribution in [1.29, 1.82) is 0 Å². The first kappa shape index (κ1) is 24.3. The van der Waals surface area contributed by atoms with E-state index in [1.54, 1.807) is 12.1 Å². The molecule has 1 heterocycles. The number of nitrogens with zero attached hydrogens (tertiary/aromatic N) is 3. The predicted molar refractivity (Wildman–Crippen MR) is 139 cm³/mol. The summed E-state index contributed by atoms with van der Waals surface area (Å²) in [7, 11) is 0. The van der Waals surface area contributed by atoms with E-state index in [4.69, 9.17) is 10.7 Å². The van der Waals surface area contributed by atoms with Gasteiger partial charge >= 0.3 is 0 Å². The van der Waals surface area contributed by atoms with Crippen molar-refractivity contribution in [3.63, 3.8) is 0 Å². The van der Waals surface area contributed by atoms with Crippen molar-refractivity contribution in [2.24, 2.45) is 10.7 Å². The SMILES string of the molecule is NCCCCCn1c(C(=O)NCc2cccc([N+](=O)[O-])c2)csc1=Nc1cccc2ccccc12. The fourth-order valence-corrected chi connectivity index (χ4v) is 4.79. The van der Waals surface area contributed by atoms with Crippen LogP contribution in [0.1, 0.15) is 35.3 Å². The molecule has 3 N–H and O–H groups in total. The van der Waals surface area contributed by atoms with Crippen LogP contribution in [0.5, 0.6) is 0 Å². The highest BCUT2D eigenvalue weighted by Crippen LogP contribution is 2.25. The minimum atomic E-state index is -0.444. The van der Waals surface area contributed by atoms with E-state index in [1.807, 2.05) is 40.3 Å². The zero-order valence-electron chi connectivity index (χ0n) is 19.2. The number of unbranched alkanes of at least 4 members (excludes halogenated alkanes) is 2. The summed E-state index contributed by atoms with van der Waals surface area (Å²) in [5.74, 6) is -0.244. The van der Waals surface area contributed by atoms with Gasteiger partial charge in [0.25, 0.3) is 11.6 Å². The van der Waals surface area contributed by atoms with Gasteiger partial charge in [0.05, 0.1) is 10.6 Å². The Morgan fingerprint density at radius 3 is 2.69 bits per heavy atom. The standard InChI is InChI=1S/C26H27N5O3S/c27-14-4-1-5-15-30-24(25(32)28-17-19-8-6-11-21(16-19)31(33)34)18-35-26(30)29-23-13-7-10-20-9-2-3-12-22(20)23/h2-3,6-13,16,18H,1,4-5,14-15,17,27H2,(H,28,32). The molecule has 3 aromatic carbocycles. The molecule has 9 heteroatoms. The smallest absolute Gasteiger partial charge is 0.269 e. The molecule has 180 valence electrons. The van der Waals surface area contributed by atoms with Crippen molar-refractivity contribution in [2.45, 2.75) is 32.4 Å². The van der Waals surface area contributed by atoms with Gasteiger partial charge in [-0.05, 0) is 36.4 Å². The Morgan fingerprint density at radius 2 is 1.86 bits per heavy atom. The van der Waals surface area contributed by atoms with Gasteiger partial charge in [0, 0.05) is 36.0 Å². The van der Waals surface area contributed by atoms with E-state index >= 15 is 0 Å². The summed E-state index contributed by atoms with van der Waals surface area (Å²) in [5, 5.41) is 17.9. The highest BCUT2D eigenvalue weighted by Gasteiger charge is 2.15. The summed E-state index contributed by atoms with van der Waals surface area (Å²) in [6, 6.07) is 20.4. The molecule has 4 aromatic rings. The number of nitro groups is 1. The second-order valence-electron chi connectivity index (χ2n) is 8.12. The maximum absolute atomic E-state index is 13.1. The van der Waals surface area contributed by atoms with Gasteiger partial charge in [-0.1, -0.05) is 55.0 Å². The van der Waals surface area contributed by atoms with E-state index in [0.717, 1.165) is 40.5 Å². The number of carbonyl (C=O) groups is 1. The molecule has 0 aliphatic rings. The number of amides is 1. The summed E-state index contributed by atoms with van der Waals surface area (Å²) in [6.45, 7) is 1.48. The Bertz CT molecular complexity index is 1400. The number of carbonyl (C=O) groups excluding carboxylic acids is 1. The molecule has 1 aromatic heterocycles. The van der Waals surface area contributed by atoms with Crippen LogP contribution in [0.2, 0.25) is 0 Å². The maximum atomic E-state index is 13.1. The lowest BCUT2D eigenvalue weighted by Gasteiger charge is -2.10. The normalized spacial score (nSPS) is 11.6. The van der Waals surface area contributed by atoms with Gasteiger partial charge < -0.3 is 15.6 Å². The van der Waals surface area contributed by atoms with Gasteiger partial charge in [-0.15, -0.1) is 11.3 Å². The molecular weight excluding hydrogens is 462 g/mol. The monoisotopic (exact) mass is 489 g/mol. The van der Waals surface area contributed by atoms with Crippen LogP contribution in [0, 0.1) is 10.1 Å². The molecule has 0 saturated carbocycles. The Labute approximate surface area is 206 Å². The van der Waals surface area contributed by atoms with Gasteiger partial charge in [-0.25, -0.2) is 4.99 Å². The number of non-ortho nitro benzene ring substituents is 1. The summed E-state index contributed by atoms with van der Waals surface area (Å²) in [6.07, 6.45) is 2.76. The quantitative estimate of drug-likeness (QED) is 0.187. The van der Waals surface area contributed by atoms with Crippen molar-refractivity contribution < 1.29 is 9.72 Å². The van der Waals surface area contributed by atoms with Crippen molar-refractivity contribution in [3.05, 3.63) is 98.3 Å². The molecule has 0 saturated heterocycles. The Hall–Kier alpha value is -3.82. The van der Waals surface area contributed by atoms with E-state index in [2.05, 4.69) is 17.4 Å². The molecule has 0 unspecified atom stereocenters. The molecule has 0 bridgehead atoms. The van der Waals surface area contributed by atoms with E-state index < -0.39 is 4.92 Å². The fourth-order valence-electron chi connectivity index (χ4n) is 3.87. The van der Waals surface area contributed by atoms with Crippen LogP contribution < -0.4 is 15.9 Å². The third kappa shape index (κ3) is 6.00. The summed E-state index contributed by atoms with van der Waals surface area (Å²) < 4.78 is 1.95. The van der Waals surface area contributed by atoms with Crippen LogP contribution >= 0.6 is 11.3 Å². The van der Waals surface area contributed by atoms with Crippen LogP contribution in [0.4, 0.5) is 11.4 Å². The van der Waals surface area contributed by atoms with Gasteiger partial charge in [-0.3, -0.25) is 14.9 Å². The Morgan fingerprint density at radius 1 is 1.06 bits per heavy atom. The van der Waals surface area contributed by atoms with Crippen LogP contribution in [0.3, 0.4) is 0 Å². The Balaban J connectivity index is 1.62. The molecule has 1 amide bonds. The fraction of sp³-hybridized carbons (Fsp3) is 0.231. The number of thiazole rings is 1. The number of nitro benzene ring substituents is 1. The maximum Gasteiger partial charge on any atom is 0.269 e. The number of aromatic nitrogens is 1. The van der Waals surface area contributed by atoms with E-state index in [0.29, 0.717) is 24.3 Å². The molecule has 0 radical (unpaired) electrons. The summed E-state index contributed by atoms with van der Waals surface area (Å²) in [5.41, 5.74) is 7.68. The first-order valence-corrected chi connectivity index (χ1v) is 12.4. The predicted octanol–water partition coefficient (Wildman–Crippen LogP) is 4.90. The highest BCUT2D eigenvalue weighted by molar-refractivity contribution is 7.07. The number of rotatable bonds is 10. The van der Waals surface area contributed by atoms with Gasteiger partial charge in [0.1, 0.15) is 5.69 Å². The Kier molecular flexibility index (Phi) is 8.02. The molecule has 0 atom stereocenters. The first-order chi connectivity index (χ1) is 17.1.